The number of hydrogen-bond donors (Lipinski definition) is 2. The summed E-state index contributed by atoms with van der Waals surface area (Å²) in [4.78, 5) is 17.6. The molecular formula is C14H29IN4O2. The number of likely N-dealkylation sites (N-methyl/N-ethyl adjacent to an activating group) is 1. The standard InChI is InChI=1S/C14H28N4O2.HI/c1-7-9-16-12(15-8-2)17-10-11-18(6)13(19)20-14(3,4)5;/h7H,1,8-11H2,2-6H3,(H2,15,16,17);1H. The Labute approximate surface area is 145 Å². The molecule has 0 aliphatic heterocycles. The summed E-state index contributed by atoms with van der Waals surface area (Å²) in [5.74, 6) is 0.713. The summed E-state index contributed by atoms with van der Waals surface area (Å²) in [7, 11) is 1.70. The molecular weight excluding hydrogens is 383 g/mol. The molecule has 0 bridgehead atoms. The van der Waals surface area contributed by atoms with Gasteiger partial charge in [-0.1, -0.05) is 6.08 Å². The Morgan fingerprint density at radius 1 is 1.38 bits per heavy atom. The van der Waals surface area contributed by atoms with Crippen molar-refractivity contribution in [1.82, 2.24) is 15.5 Å². The molecule has 0 aliphatic rings. The first-order valence-electron chi connectivity index (χ1n) is 6.87. The Hall–Kier alpha value is -0.990. The highest BCUT2D eigenvalue weighted by atomic mass is 127. The molecule has 0 aromatic rings. The van der Waals surface area contributed by atoms with Gasteiger partial charge in [0.1, 0.15) is 5.60 Å². The molecule has 0 radical (unpaired) electrons. The molecule has 21 heavy (non-hydrogen) atoms. The Kier molecular flexibility index (Phi) is 12.4. The third-order valence-electron chi connectivity index (χ3n) is 2.17. The minimum absolute atomic E-state index is 0. The zero-order valence-electron chi connectivity index (χ0n) is 13.7. The van der Waals surface area contributed by atoms with E-state index in [-0.39, 0.29) is 30.1 Å². The molecule has 0 saturated heterocycles. The number of ether oxygens (including phenoxy) is 1. The van der Waals surface area contributed by atoms with Crippen molar-refractivity contribution >= 4 is 36.0 Å². The number of amides is 1. The Balaban J connectivity index is 0. The van der Waals surface area contributed by atoms with Crippen LogP contribution in [0, 0.1) is 0 Å². The van der Waals surface area contributed by atoms with Crippen LogP contribution in [-0.4, -0.2) is 55.8 Å². The van der Waals surface area contributed by atoms with Crippen molar-refractivity contribution in [3.05, 3.63) is 12.7 Å². The molecule has 0 spiro atoms. The van der Waals surface area contributed by atoms with E-state index in [0.29, 0.717) is 25.6 Å². The summed E-state index contributed by atoms with van der Waals surface area (Å²) in [6.07, 6.45) is 1.43. The molecule has 0 rings (SSSR count). The lowest BCUT2D eigenvalue weighted by molar-refractivity contribution is 0.0304. The van der Waals surface area contributed by atoms with Crippen molar-refractivity contribution in [2.24, 2.45) is 4.99 Å². The van der Waals surface area contributed by atoms with Crippen LogP contribution in [-0.2, 0) is 4.74 Å². The number of guanidine groups is 1. The second-order valence-electron chi connectivity index (χ2n) is 5.33. The van der Waals surface area contributed by atoms with Crippen molar-refractivity contribution in [3.63, 3.8) is 0 Å². The number of hydrogen-bond acceptors (Lipinski definition) is 3. The van der Waals surface area contributed by atoms with E-state index in [1.165, 1.54) is 4.90 Å². The van der Waals surface area contributed by atoms with Gasteiger partial charge < -0.3 is 20.3 Å². The number of halogens is 1. The molecule has 0 saturated carbocycles. The Morgan fingerprint density at radius 2 is 2.00 bits per heavy atom. The van der Waals surface area contributed by atoms with Gasteiger partial charge in [-0.3, -0.25) is 4.99 Å². The molecule has 0 unspecified atom stereocenters. The average molecular weight is 412 g/mol. The lowest BCUT2D eigenvalue weighted by Gasteiger charge is -2.24. The van der Waals surface area contributed by atoms with Crippen molar-refractivity contribution in [2.75, 3.05) is 33.2 Å². The van der Waals surface area contributed by atoms with Gasteiger partial charge in [0.25, 0.3) is 0 Å². The summed E-state index contributed by atoms with van der Waals surface area (Å²) in [5, 5.41) is 6.21. The maximum atomic E-state index is 11.7. The fourth-order valence-corrected chi connectivity index (χ4v) is 1.25. The van der Waals surface area contributed by atoms with Crippen molar-refractivity contribution < 1.29 is 9.53 Å². The summed E-state index contributed by atoms with van der Waals surface area (Å²) < 4.78 is 5.26. The van der Waals surface area contributed by atoms with E-state index in [1.54, 1.807) is 13.1 Å². The summed E-state index contributed by atoms with van der Waals surface area (Å²) in [5.41, 5.74) is -0.477. The van der Waals surface area contributed by atoms with E-state index in [0.717, 1.165) is 6.54 Å². The van der Waals surface area contributed by atoms with Crippen LogP contribution in [0.1, 0.15) is 27.7 Å². The average Bonchev–Trinajstić information content (AvgIpc) is 2.33. The zero-order chi connectivity index (χ0) is 15.6. The molecule has 0 aromatic heterocycles. The first-order chi connectivity index (χ1) is 9.30. The maximum Gasteiger partial charge on any atom is 0.410 e. The van der Waals surface area contributed by atoms with Crippen LogP contribution in [0.4, 0.5) is 4.79 Å². The fourth-order valence-electron chi connectivity index (χ4n) is 1.25. The van der Waals surface area contributed by atoms with E-state index in [9.17, 15) is 4.79 Å². The van der Waals surface area contributed by atoms with E-state index in [1.807, 2.05) is 27.7 Å². The van der Waals surface area contributed by atoms with Crippen LogP contribution < -0.4 is 10.6 Å². The van der Waals surface area contributed by atoms with Gasteiger partial charge in [0.2, 0.25) is 0 Å². The van der Waals surface area contributed by atoms with Crippen LogP contribution >= 0.6 is 24.0 Å². The number of carbonyl (C=O) groups excluding carboxylic acids is 1. The normalized spacial score (nSPS) is 11.2. The summed E-state index contributed by atoms with van der Waals surface area (Å²) in [6.45, 7) is 13.6. The van der Waals surface area contributed by atoms with Gasteiger partial charge in [-0.15, -0.1) is 30.6 Å². The molecule has 0 aromatic carbocycles. The summed E-state index contributed by atoms with van der Waals surface area (Å²) in [6, 6.07) is 0. The lowest BCUT2D eigenvalue weighted by atomic mass is 10.2. The van der Waals surface area contributed by atoms with E-state index < -0.39 is 5.60 Å². The lowest BCUT2D eigenvalue weighted by Crippen LogP contribution is -2.39. The van der Waals surface area contributed by atoms with E-state index >= 15 is 0 Å². The monoisotopic (exact) mass is 412 g/mol. The molecule has 7 heteroatoms. The summed E-state index contributed by atoms with van der Waals surface area (Å²) >= 11 is 0. The zero-order valence-corrected chi connectivity index (χ0v) is 16.1. The predicted molar refractivity (Wildman–Crippen MR) is 98.5 cm³/mol. The third kappa shape index (κ3) is 12.5. The van der Waals surface area contributed by atoms with Crippen LogP contribution in [0.5, 0.6) is 0 Å². The number of carbonyl (C=O) groups is 1. The predicted octanol–water partition coefficient (Wildman–Crippen LogP) is 2.21. The van der Waals surface area contributed by atoms with Gasteiger partial charge in [-0.05, 0) is 27.7 Å². The largest absolute Gasteiger partial charge is 0.444 e. The maximum absolute atomic E-state index is 11.7. The van der Waals surface area contributed by atoms with Crippen LogP contribution in [0.25, 0.3) is 0 Å². The van der Waals surface area contributed by atoms with Crippen molar-refractivity contribution in [2.45, 2.75) is 33.3 Å². The Morgan fingerprint density at radius 3 is 2.48 bits per heavy atom. The highest BCUT2D eigenvalue weighted by molar-refractivity contribution is 14.0. The quantitative estimate of drug-likeness (QED) is 0.304. The van der Waals surface area contributed by atoms with Gasteiger partial charge in [0.05, 0.1) is 6.54 Å². The second kappa shape index (κ2) is 11.6. The molecule has 6 nitrogen and oxygen atoms in total. The van der Waals surface area contributed by atoms with Gasteiger partial charge in [0, 0.05) is 26.7 Å². The molecule has 0 heterocycles. The second-order valence-corrected chi connectivity index (χ2v) is 5.33. The topological polar surface area (TPSA) is 66.0 Å². The van der Waals surface area contributed by atoms with Crippen LogP contribution in [0.15, 0.2) is 17.6 Å². The number of rotatable bonds is 6. The van der Waals surface area contributed by atoms with Crippen molar-refractivity contribution in [1.29, 1.82) is 0 Å². The van der Waals surface area contributed by atoms with E-state index in [4.69, 9.17) is 4.74 Å². The SMILES string of the molecule is C=CCNC(=NCCN(C)C(=O)OC(C)(C)C)NCC.I. The van der Waals surface area contributed by atoms with Crippen molar-refractivity contribution in [3.8, 4) is 0 Å². The fraction of sp³-hybridized carbons (Fsp3) is 0.714. The minimum Gasteiger partial charge on any atom is -0.444 e. The van der Waals surface area contributed by atoms with Gasteiger partial charge >= 0.3 is 6.09 Å². The molecule has 0 aliphatic carbocycles. The first kappa shape index (κ1) is 22.3. The van der Waals surface area contributed by atoms with Crippen LogP contribution in [0.2, 0.25) is 0 Å². The smallest absolute Gasteiger partial charge is 0.410 e. The van der Waals surface area contributed by atoms with Gasteiger partial charge in [-0.25, -0.2) is 4.79 Å². The van der Waals surface area contributed by atoms with Gasteiger partial charge in [-0.2, -0.15) is 0 Å². The highest BCUT2D eigenvalue weighted by Gasteiger charge is 2.19. The number of aliphatic imine (C=N–C) groups is 1. The highest BCUT2D eigenvalue weighted by Crippen LogP contribution is 2.08. The minimum atomic E-state index is -0.477. The first-order valence-corrected chi connectivity index (χ1v) is 6.87. The molecule has 0 atom stereocenters. The molecule has 124 valence electrons. The number of nitrogens with zero attached hydrogens (tertiary/aromatic N) is 2. The van der Waals surface area contributed by atoms with Gasteiger partial charge in [0.15, 0.2) is 5.96 Å². The Bertz CT molecular complexity index is 340. The molecule has 0 fully saturated rings. The molecule has 1 amide bonds. The van der Waals surface area contributed by atoms with E-state index in [2.05, 4.69) is 22.2 Å². The third-order valence-corrected chi connectivity index (χ3v) is 2.17. The molecule has 2 N–H and O–H groups in total. The number of nitrogens with one attached hydrogen (secondary N) is 2. The van der Waals surface area contributed by atoms with Crippen LogP contribution in [0.3, 0.4) is 0 Å².